The number of hydrogen-bond acceptors (Lipinski definition) is 2. The van der Waals surface area contributed by atoms with Crippen LogP contribution in [-0.4, -0.2) is 22.2 Å². The van der Waals surface area contributed by atoms with E-state index in [1.807, 2.05) is 0 Å². The monoisotopic (exact) mass is 448 g/mol. The molecule has 0 fully saturated rings. The van der Waals surface area contributed by atoms with Crippen LogP contribution in [0.5, 0.6) is 0 Å². The summed E-state index contributed by atoms with van der Waals surface area (Å²) in [6, 6.07) is 27.7. The molecule has 5 aromatic carbocycles. The third-order valence-electron chi connectivity index (χ3n) is 6.63. The number of hydrogen-bond donors (Lipinski definition) is 2. The highest BCUT2D eigenvalue weighted by Gasteiger charge is 2.18. The van der Waals surface area contributed by atoms with Crippen LogP contribution < -0.4 is 0 Å². The summed E-state index contributed by atoms with van der Waals surface area (Å²) in [5.41, 5.74) is 2.82. The van der Waals surface area contributed by atoms with Gasteiger partial charge < -0.3 is 10.2 Å². The summed E-state index contributed by atoms with van der Waals surface area (Å²) in [4.78, 5) is 22.0. The second-order valence-corrected chi connectivity index (χ2v) is 8.61. The summed E-state index contributed by atoms with van der Waals surface area (Å²) in [6.07, 6.45) is 5.22. The van der Waals surface area contributed by atoms with E-state index < -0.39 is 11.9 Å². The van der Waals surface area contributed by atoms with E-state index in [0.29, 0.717) is 10.8 Å². The first-order valence-corrected chi connectivity index (χ1v) is 11.4. The third kappa shape index (κ3) is 3.88. The SMILES string of the molecule is O=C(O)c1ccc2ccccc2c1C(=O)O.c1ccc2c(c1)ccc1c3c(ccc12)CCCC3. The number of rotatable bonds is 2. The van der Waals surface area contributed by atoms with E-state index >= 15 is 0 Å². The summed E-state index contributed by atoms with van der Waals surface area (Å²) < 4.78 is 0. The van der Waals surface area contributed by atoms with Gasteiger partial charge in [-0.25, -0.2) is 9.59 Å². The molecule has 0 aromatic heterocycles. The summed E-state index contributed by atoms with van der Waals surface area (Å²) in [5, 5.41) is 24.8. The predicted molar refractivity (Wildman–Crippen MR) is 136 cm³/mol. The number of benzene rings is 5. The first kappa shape index (κ1) is 21.7. The lowest BCUT2D eigenvalue weighted by Gasteiger charge is -2.18. The molecule has 1 aliphatic carbocycles. The molecule has 0 saturated heterocycles. The smallest absolute Gasteiger partial charge is 0.337 e. The van der Waals surface area contributed by atoms with Crippen LogP contribution in [0.4, 0.5) is 0 Å². The van der Waals surface area contributed by atoms with Crippen LogP contribution in [-0.2, 0) is 12.8 Å². The summed E-state index contributed by atoms with van der Waals surface area (Å²) in [5.74, 6) is -2.46. The zero-order chi connectivity index (χ0) is 23.7. The molecule has 0 amide bonds. The van der Waals surface area contributed by atoms with Crippen molar-refractivity contribution < 1.29 is 19.8 Å². The van der Waals surface area contributed by atoms with Crippen molar-refractivity contribution in [1.82, 2.24) is 0 Å². The Morgan fingerprint density at radius 1 is 0.559 bits per heavy atom. The third-order valence-corrected chi connectivity index (χ3v) is 6.63. The number of aromatic carboxylic acids is 2. The maximum atomic E-state index is 11.1. The highest BCUT2D eigenvalue weighted by Crippen LogP contribution is 2.33. The van der Waals surface area contributed by atoms with Gasteiger partial charge in [-0.05, 0) is 75.2 Å². The van der Waals surface area contributed by atoms with Crippen molar-refractivity contribution in [3.8, 4) is 0 Å². The molecule has 0 unspecified atom stereocenters. The molecule has 0 atom stereocenters. The summed E-state index contributed by atoms with van der Waals surface area (Å²) in [6.45, 7) is 0. The van der Waals surface area contributed by atoms with Crippen molar-refractivity contribution in [2.24, 2.45) is 0 Å². The summed E-state index contributed by atoms with van der Waals surface area (Å²) in [7, 11) is 0. The predicted octanol–water partition coefficient (Wildman–Crippen LogP) is 7.11. The first-order chi connectivity index (χ1) is 16.5. The van der Waals surface area contributed by atoms with E-state index in [1.165, 1.54) is 53.3 Å². The normalized spacial score (nSPS) is 12.7. The summed E-state index contributed by atoms with van der Waals surface area (Å²) >= 11 is 0. The lowest BCUT2D eigenvalue weighted by atomic mass is 9.86. The molecule has 1 aliphatic rings. The van der Waals surface area contributed by atoms with Gasteiger partial charge in [-0.15, -0.1) is 0 Å². The van der Waals surface area contributed by atoms with Gasteiger partial charge in [-0.2, -0.15) is 0 Å². The molecule has 34 heavy (non-hydrogen) atoms. The second-order valence-electron chi connectivity index (χ2n) is 8.61. The lowest BCUT2D eigenvalue weighted by Crippen LogP contribution is -2.08. The highest BCUT2D eigenvalue weighted by atomic mass is 16.4. The van der Waals surface area contributed by atoms with E-state index in [1.54, 1.807) is 41.5 Å². The molecular weight excluding hydrogens is 424 g/mol. The minimum absolute atomic E-state index is 0.161. The fourth-order valence-corrected chi connectivity index (χ4v) is 5.02. The van der Waals surface area contributed by atoms with Crippen LogP contribution in [0.15, 0.2) is 84.9 Å². The Balaban J connectivity index is 0.000000143. The molecule has 0 bridgehead atoms. The minimum atomic E-state index is -1.23. The van der Waals surface area contributed by atoms with Gasteiger partial charge >= 0.3 is 11.9 Å². The molecule has 0 spiro atoms. The first-order valence-electron chi connectivity index (χ1n) is 11.4. The largest absolute Gasteiger partial charge is 0.478 e. The maximum Gasteiger partial charge on any atom is 0.337 e. The van der Waals surface area contributed by atoms with Crippen LogP contribution in [0.3, 0.4) is 0 Å². The Kier molecular flexibility index (Phi) is 5.72. The minimum Gasteiger partial charge on any atom is -0.478 e. The van der Waals surface area contributed by atoms with Crippen LogP contribution in [0, 0.1) is 0 Å². The quantitative estimate of drug-likeness (QED) is 0.282. The molecule has 0 heterocycles. The highest BCUT2D eigenvalue weighted by molar-refractivity contribution is 6.12. The Morgan fingerprint density at radius 2 is 1.18 bits per heavy atom. The average Bonchev–Trinajstić information content (AvgIpc) is 2.87. The number of fused-ring (bicyclic) bond motifs is 6. The molecular formula is C30H24O4. The second kappa shape index (κ2) is 8.99. The van der Waals surface area contributed by atoms with Gasteiger partial charge in [-0.1, -0.05) is 78.9 Å². The molecule has 5 aromatic rings. The number of carboxylic acid groups (broad SMARTS) is 2. The van der Waals surface area contributed by atoms with E-state index in [9.17, 15) is 9.59 Å². The molecule has 0 saturated carbocycles. The van der Waals surface area contributed by atoms with E-state index in [2.05, 4.69) is 48.5 Å². The van der Waals surface area contributed by atoms with Gasteiger partial charge in [0.1, 0.15) is 0 Å². The lowest BCUT2D eigenvalue weighted by molar-refractivity contribution is 0.0653. The molecule has 4 nitrogen and oxygen atoms in total. The van der Waals surface area contributed by atoms with Crippen molar-refractivity contribution in [3.05, 3.63) is 107 Å². The van der Waals surface area contributed by atoms with Crippen LogP contribution >= 0.6 is 0 Å². The number of carboxylic acids is 2. The maximum absolute atomic E-state index is 11.1. The van der Waals surface area contributed by atoms with E-state index in [4.69, 9.17) is 10.2 Å². The Bertz CT molecular complexity index is 1570. The standard InChI is InChI=1S/C18H16.C12H8O4/c1-3-7-15-13(5-1)9-11-18-16-8-4-2-6-14(16)10-12-17(15)18;13-11(14)9-6-5-7-3-1-2-4-8(7)10(9)12(15)16/h1,3,5,7,9-12H,2,4,6,8H2;1-6H,(H,13,14)(H,15,16). The van der Waals surface area contributed by atoms with E-state index in [0.717, 1.165) is 0 Å². The fourth-order valence-electron chi connectivity index (χ4n) is 5.02. The topological polar surface area (TPSA) is 74.6 Å². The Hall–Kier alpha value is -4.18. The molecule has 6 rings (SSSR count). The molecule has 0 aliphatic heterocycles. The van der Waals surface area contributed by atoms with Crippen molar-refractivity contribution in [1.29, 1.82) is 0 Å². The van der Waals surface area contributed by atoms with Gasteiger partial charge in [0.15, 0.2) is 0 Å². The van der Waals surface area contributed by atoms with Crippen LogP contribution in [0.2, 0.25) is 0 Å². The zero-order valence-corrected chi connectivity index (χ0v) is 18.6. The van der Waals surface area contributed by atoms with Crippen molar-refractivity contribution in [2.45, 2.75) is 25.7 Å². The molecule has 168 valence electrons. The fraction of sp³-hybridized carbons (Fsp3) is 0.133. The van der Waals surface area contributed by atoms with E-state index in [-0.39, 0.29) is 11.1 Å². The van der Waals surface area contributed by atoms with Crippen molar-refractivity contribution in [2.75, 3.05) is 0 Å². The van der Waals surface area contributed by atoms with Crippen molar-refractivity contribution >= 4 is 44.3 Å². The zero-order valence-electron chi connectivity index (χ0n) is 18.6. The van der Waals surface area contributed by atoms with Gasteiger partial charge in [-0.3, -0.25) is 0 Å². The number of aryl methyl sites for hydroxylation is 2. The molecule has 4 heteroatoms. The number of carbonyl (C=O) groups is 2. The Morgan fingerprint density at radius 3 is 1.91 bits per heavy atom. The molecule has 0 radical (unpaired) electrons. The Labute approximate surface area is 197 Å². The van der Waals surface area contributed by atoms with Gasteiger partial charge in [0, 0.05) is 0 Å². The van der Waals surface area contributed by atoms with Crippen LogP contribution in [0.25, 0.3) is 32.3 Å². The van der Waals surface area contributed by atoms with Crippen molar-refractivity contribution in [3.63, 3.8) is 0 Å². The molecule has 2 N–H and O–H groups in total. The van der Waals surface area contributed by atoms with Gasteiger partial charge in [0.2, 0.25) is 0 Å². The van der Waals surface area contributed by atoms with Gasteiger partial charge in [0.05, 0.1) is 11.1 Å². The van der Waals surface area contributed by atoms with Gasteiger partial charge in [0.25, 0.3) is 0 Å². The van der Waals surface area contributed by atoms with Crippen LogP contribution in [0.1, 0.15) is 44.7 Å². The average molecular weight is 449 g/mol.